The minimum Gasteiger partial charge on any atom is -0.489 e. The van der Waals surface area contributed by atoms with Crippen LogP contribution in [0.5, 0.6) is 5.75 Å². The smallest absolute Gasteiger partial charge is 0.337 e. The molecule has 0 saturated carbocycles. The Morgan fingerprint density at radius 1 is 1.11 bits per heavy atom. The van der Waals surface area contributed by atoms with Gasteiger partial charge in [-0.3, -0.25) is 0 Å². The maximum atomic E-state index is 11.9. The average Bonchev–Trinajstić information content (AvgIpc) is 3.51. The normalized spacial score (nSPS) is 11.7. The highest BCUT2D eigenvalue weighted by atomic mass is 16.5. The Morgan fingerprint density at radius 2 is 1.97 bits per heavy atom. The minimum absolute atomic E-state index is 0.299. The number of imidazole rings is 1. The van der Waals surface area contributed by atoms with Gasteiger partial charge in [0.1, 0.15) is 30.3 Å². The summed E-state index contributed by atoms with van der Waals surface area (Å²) in [4.78, 5) is 16.8. The number of esters is 1. The van der Waals surface area contributed by atoms with Crippen LogP contribution < -0.4 is 4.74 Å². The predicted molar refractivity (Wildman–Crippen MR) is 134 cm³/mol. The van der Waals surface area contributed by atoms with Crippen molar-refractivity contribution in [1.82, 2.24) is 29.6 Å². The number of carbonyl (C=O) groups excluding carboxylic acids is 1. The lowest BCUT2D eigenvalue weighted by atomic mass is 10.1. The molecule has 0 bridgehead atoms. The molecule has 3 heterocycles. The Morgan fingerprint density at radius 3 is 2.75 bits per heavy atom. The summed E-state index contributed by atoms with van der Waals surface area (Å²) in [5.74, 6) is 1.54. The third-order valence-electron chi connectivity index (χ3n) is 5.92. The van der Waals surface area contributed by atoms with Gasteiger partial charge in [0.15, 0.2) is 0 Å². The van der Waals surface area contributed by atoms with Crippen molar-refractivity contribution >= 4 is 33.6 Å². The van der Waals surface area contributed by atoms with E-state index in [1.807, 2.05) is 37.3 Å². The number of fused-ring (bicyclic) bond motifs is 6. The van der Waals surface area contributed by atoms with E-state index in [4.69, 9.17) is 19.2 Å². The Bertz CT molecular complexity index is 1550. The number of hydrogen-bond donors (Lipinski definition) is 0. The Hall–Kier alpha value is -4.05. The summed E-state index contributed by atoms with van der Waals surface area (Å²) in [6.45, 7) is 8.39. The molecule has 0 aliphatic carbocycles. The van der Waals surface area contributed by atoms with Gasteiger partial charge >= 0.3 is 5.97 Å². The maximum Gasteiger partial charge on any atom is 0.337 e. The lowest BCUT2D eigenvalue weighted by Gasteiger charge is -2.14. The fourth-order valence-electron chi connectivity index (χ4n) is 4.34. The van der Waals surface area contributed by atoms with Crippen molar-refractivity contribution in [1.29, 1.82) is 0 Å². The van der Waals surface area contributed by atoms with Crippen LogP contribution in [-0.2, 0) is 29.2 Å². The van der Waals surface area contributed by atoms with Gasteiger partial charge in [-0.15, -0.1) is 5.10 Å². The summed E-state index contributed by atoms with van der Waals surface area (Å²) in [6, 6.07) is 13.0. The highest BCUT2D eigenvalue weighted by molar-refractivity contribution is 6.08. The number of nitrogens with zero attached hydrogens (tertiary/aromatic N) is 6. The Labute approximate surface area is 207 Å². The zero-order valence-corrected chi connectivity index (χ0v) is 20.8. The summed E-state index contributed by atoms with van der Waals surface area (Å²) >= 11 is 0. The van der Waals surface area contributed by atoms with Crippen LogP contribution in [0.1, 0.15) is 42.5 Å². The van der Waals surface area contributed by atoms with Crippen molar-refractivity contribution in [3.05, 3.63) is 59.4 Å². The summed E-state index contributed by atoms with van der Waals surface area (Å²) in [6.07, 6.45) is 0. The number of aromatic nitrogens is 6. The third kappa shape index (κ3) is 4.35. The average molecular weight is 489 g/mol. The largest absolute Gasteiger partial charge is 0.489 e. The van der Waals surface area contributed by atoms with E-state index in [0.29, 0.717) is 42.7 Å². The zero-order chi connectivity index (χ0) is 25.2. The second kappa shape index (κ2) is 9.90. The zero-order valence-electron chi connectivity index (χ0n) is 20.8. The van der Waals surface area contributed by atoms with Crippen molar-refractivity contribution in [3.8, 4) is 5.75 Å². The molecule has 5 aromatic rings. The molecule has 0 fully saturated rings. The van der Waals surface area contributed by atoms with Crippen LogP contribution >= 0.6 is 0 Å². The highest BCUT2D eigenvalue weighted by Crippen LogP contribution is 2.32. The van der Waals surface area contributed by atoms with Crippen molar-refractivity contribution in [2.45, 2.75) is 40.5 Å². The molecule has 0 spiro atoms. The van der Waals surface area contributed by atoms with Gasteiger partial charge < -0.3 is 18.8 Å². The van der Waals surface area contributed by atoms with E-state index in [2.05, 4.69) is 33.9 Å². The molecule has 186 valence electrons. The quantitative estimate of drug-likeness (QED) is 0.285. The number of tetrazole rings is 1. The van der Waals surface area contributed by atoms with Crippen molar-refractivity contribution in [3.63, 3.8) is 0 Å². The van der Waals surface area contributed by atoms with Gasteiger partial charge in [0, 0.05) is 18.5 Å². The van der Waals surface area contributed by atoms with Gasteiger partial charge in [0.25, 0.3) is 0 Å². The number of carbonyl (C=O) groups is 1. The van der Waals surface area contributed by atoms with E-state index < -0.39 is 0 Å². The molecule has 0 saturated heterocycles. The number of hydrogen-bond acceptors (Lipinski definition) is 8. The molecule has 0 atom stereocenters. The lowest BCUT2D eigenvalue weighted by molar-refractivity contribution is 0.0600. The minimum atomic E-state index is -0.378. The van der Waals surface area contributed by atoms with Crippen LogP contribution in [0.15, 0.2) is 42.5 Å². The van der Waals surface area contributed by atoms with Gasteiger partial charge in [0.05, 0.1) is 23.7 Å². The van der Waals surface area contributed by atoms with Crippen LogP contribution in [0.3, 0.4) is 0 Å². The third-order valence-corrected chi connectivity index (χ3v) is 5.92. The second-order valence-electron chi connectivity index (χ2n) is 8.94. The van der Waals surface area contributed by atoms with Crippen LogP contribution in [-0.4, -0.2) is 49.3 Å². The number of methoxy groups -OCH3 is 1. The molecular formula is C26H28N6O4. The molecule has 0 radical (unpaired) electrons. The number of benzene rings is 2. The van der Waals surface area contributed by atoms with E-state index in [0.717, 1.165) is 39.9 Å². The number of pyridine rings is 1. The SMILES string of the molecule is CCOCc1nc2c(c3cc(OCc4cccc(C(=O)OC)c4)ccc3n3nnnc23)n1CC(C)C. The fourth-order valence-corrected chi connectivity index (χ4v) is 4.34. The molecule has 36 heavy (non-hydrogen) atoms. The van der Waals surface area contributed by atoms with Crippen LogP contribution in [0.4, 0.5) is 0 Å². The van der Waals surface area contributed by atoms with Crippen molar-refractivity contribution in [2.24, 2.45) is 5.92 Å². The predicted octanol–water partition coefficient (Wildman–Crippen LogP) is 4.19. The van der Waals surface area contributed by atoms with Crippen LogP contribution in [0.25, 0.3) is 27.6 Å². The standard InChI is InChI=1S/C26H28N6O4/c1-5-35-15-22-27-23-24(31(22)13-16(2)3)20-12-19(9-10-21(20)32-25(23)28-29-30-32)36-14-17-7-6-8-18(11-17)26(33)34-4/h6-12,16H,5,13-15H2,1-4H3. The molecule has 0 N–H and O–H groups in total. The molecule has 10 heteroatoms. The number of ether oxygens (including phenoxy) is 3. The van der Waals surface area contributed by atoms with Crippen molar-refractivity contribution in [2.75, 3.05) is 13.7 Å². The Balaban J connectivity index is 1.60. The van der Waals surface area contributed by atoms with E-state index in [1.54, 1.807) is 16.6 Å². The maximum absolute atomic E-state index is 11.9. The molecule has 0 aliphatic rings. The van der Waals surface area contributed by atoms with Gasteiger partial charge in [-0.2, -0.15) is 4.52 Å². The second-order valence-corrected chi connectivity index (χ2v) is 8.94. The molecule has 10 nitrogen and oxygen atoms in total. The van der Waals surface area contributed by atoms with E-state index in [-0.39, 0.29) is 5.97 Å². The number of rotatable bonds is 9. The van der Waals surface area contributed by atoms with Gasteiger partial charge in [-0.05, 0) is 59.2 Å². The van der Waals surface area contributed by atoms with Gasteiger partial charge in [0.2, 0.25) is 5.65 Å². The lowest BCUT2D eigenvalue weighted by Crippen LogP contribution is -2.10. The summed E-state index contributed by atoms with van der Waals surface area (Å²) in [5.41, 5.74) is 4.49. The first-order chi connectivity index (χ1) is 17.5. The fraction of sp³-hybridized carbons (Fsp3) is 0.346. The topological polar surface area (TPSA) is 106 Å². The van der Waals surface area contributed by atoms with Crippen molar-refractivity contribution < 1.29 is 19.0 Å². The van der Waals surface area contributed by atoms with Gasteiger partial charge in [-0.25, -0.2) is 9.78 Å². The highest BCUT2D eigenvalue weighted by Gasteiger charge is 2.21. The monoisotopic (exact) mass is 488 g/mol. The van der Waals surface area contributed by atoms with E-state index in [1.165, 1.54) is 7.11 Å². The van der Waals surface area contributed by atoms with E-state index >= 15 is 0 Å². The molecular weight excluding hydrogens is 460 g/mol. The summed E-state index contributed by atoms with van der Waals surface area (Å²) in [7, 11) is 1.37. The molecule has 5 rings (SSSR count). The molecule has 0 amide bonds. The van der Waals surface area contributed by atoms with Crippen LogP contribution in [0, 0.1) is 5.92 Å². The molecule has 0 aliphatic heterocycles. The summed E-state index contributed by atoms with van der Waals surface area (Å²) < 4.78 is 20.6. The molecule has 0 unspecified atom stereocenters. The van der Waals surface area contributed by atoms with Crippen LogP contribution in [0.2, 0.25) is 0 Å². The first kappa shape index (κ1) is 23.7. The Kier molecular flexibility index (Phi) is 6.51. The van der Waals surface area contributed by atoms with Gasteiger partial charge in [-0.1, -0.05) is 26.0 Å². The first-order valence-electron chi connectivity index (χ1n) is 11.9. The first-order valence-corrected chi connectivity index (χ1v) is 11.9. The summed E-state index contributed by atoms with van der Waals surface area (Å²) in [5, 5.41) is 13.3. The molecule has 3 aromatic heterocycles. The molecule has 2 aromatic carbocycles. The van der Waals surface area contributed by atoms with E-state index in [9.17, 15) is 4.79 Å².